The molecule has 5 heteroatoms. The second-order valence-corrected chi connectivity index (χ2v) is 8.63. The van der Waals surface area contributed by atoms with Crippen LogP contribution in [0.15, 0.2) is 101 Å². The van der Waals surface area contributed by atoms with E-state index in [-0.39, 0.29) is 6.04 Å². The van der Waals surface area contributed by atoms with Gasteiger partial charge in [-0.1, -0.05) is 94.8 Å². The maximum Gasteiger partial charge on any atom is 0.117 e. The first-order valence-electron chi connectivity index (χ1n) is 10.5. The molecule has 0 fully saturated rings. The number of rotatable bonds is 8. The summed E-state index contributed by atoms with van der Waals surface area (Å²) in [7, 11) is 1.79. The summed E-state index contributed by atoms with van der Waals surface area (Å²) in [5.41, 5.74) is 2.81. The summed E-state index contributed by atoms with van der Waals surface area (Å²) in [6.07, 6.45) is 0.161. The van der Waals surface area contributed by atoms with Crippen molar-refractivity contribution in [2.24, 2.45) is 0 Å². The van der Waals surface area contributed by atoms with Crippen LogP contribution in [0.25, 0.3) is 0 Å². The summed E-state index contributed by atoms with van der Waals surface area (Å²) in [5.74, 6) is -0.451. The van der Waals surface area contributed by atoms with E-state index in [0.717, 1.165) is 21.2 Å². The Labute approximate surface area is 198 Å². The highest BCUT2D eigenvalue weighted by Gasteiger charge is 2.27. The molecule has 0 aliphatic rings. The van der Waals surface area contributed by atoms with E-state index in [4.69, 9.17) is 0 Å². The zero-order valence-electron chi connectivity index (χ0n) is 18.1. The first-order valence-corrected chi connectivity index (χ1v) is 11.3. The average molecular weight is 491 g/mol. The lowest BCUT2D eigenvalue weighted by molar-refractivity contribution is 0.0905. The Kier molecular flexibility index (Phi) is 8.24. The van der Waals surface area contributed by atoms with E-state index in [0.29, 0.717) is 5.70 Å². The Hall–Kier alpha value is -2.91. The number of hydrogen-bond donors (Lipinski definition) is 2. The minimum absolute atomic E-state index is 0.347. The molecule has 0 amide bonds. The molecule has 2 N–H and O–H groups in total. The molecule has 0 aliphatic carbocycles. The molecule has 0 spiro atoms. The van der Waals surface area contributed by atoms with Crippen molar-refractivity contribution in [2.45, 2.75) is 31.1 Å². The fourth-order valence-corrected chi connectivity index (χ4v) is 4.24. The van der Waals surface area contributed by atoms with Gasteiger partial charge in [-0.15, -0.1) is 0 Å². The summed E-state index contributed by atoms with van der Waals surface area (Å²) >= 11 is 3.53. The molecule has 0 radical (unpaired) electrons. The van der Waals surface area contributed by atoms with Crippen LogP contribution in [0.3, 0.4) is 0 Å². The van der Waals surface area contributed by atoms with Crippen LogP contribution < -0.4 is 0 Å². The number of aliphatic hydroxyl groups is 2. The monoisotopic (exact) mass is 490 g/mol. The van der Waals surface area contributed by atoms with Crippen LogP contribution in [0.2, 0.25) is 0 Å². The minimum Gasteiger partial charge on any atom is -0.387 e. The van der Waals surface area contributed by atoms with Crippen molar-refractivity contribution >= 4 is 15.9 Å². The van der Waals surface area contributed by atoms with E-state index in [1.807, 2.05) is 91.9 Å². The standard InChI is InChI=1S/C27H27BrN2O2/c1-19(26(31)21-13-7-4-8-14-21)30(2)22(18-29)17-24(20-11-5-3-6-12-20)27(32)23-15-9-10-16-25(23)28/h3-17,19,24,26-27,31-32H,1-2H3/b22-17+/t19-,24+,26-,27+/m0/s1. The lowest BCUT2D eigenvalue weighted by Gasteiger charge is -2.31. The Bertz CT molecular complexity index is 1080. The zero-order valence-corrected chi connectivity index (χ0v) is 19.7. The summed E-state index contributed by atoms with van der Waals surface area (Å²) in [5, 5.41) is 32.1. The van der Waals surface area contributed by atoms with Gasteiger partial charge in [0.25, 0.3) is 0 Å². The van der Waals surface area contributed by atoms with Gasteiger partial charge in [-0.25, -0.2) is 0 Å². The van der Waals surface area contributed by atoms with Crippen LogP contribution >= 0.6 is 15.9 Å². The van der Waals surface area contributed by atoms with Gasteiger partial charge in [0.1, 0.15) is 11.8 Å². The molecule has 0 saturated carbocycles. The van der Waals surface area contributed by atoms with Gasteiger partial charge < -0.3 is 15.1 Å². The second kappa shape index (κ2) is 11.1. The molecule has 4 nitrogen and oxygen atoms in total. The largest absolute Gasteiger partial charge is 0.387 e. The van der Waals surface area contributed by atoms with Gasteiger partial charge in [-0.2, -0.15) is 5.26 Å². The van der Waals surface area contributed by atoms with Gasteiger partial charge in [0.15, 0.2) is 0 Å². The van der Waals surface area contributed by atoms with Crippen LogP contribution in [0.5, 0.6) is 0 Å². The highest BCUT2D eigenvalue weighted by molar-refractivity contribution is 9.10. The number of nitrogens with zero attached hydrogens (tertiary/aromatic N) is 2. The molecule has 32 heavy (non-hydrogen) atoms. The van der Waals surface area contributed by atoms with Crippen molar-refractivity contribution in [1.29, 1.82) is 5.26 Å². The van der Waals surface area contributed by atoms with E-state index in [1.54, 1.807) is 18.0 Å². The van der Waals surface area contributed by atoms with E-state index < -0.39 is 18.1 Å². The summed E-state index contributed by atoms with van der Waals surface area (Å²) in [6, 6.07) is 28.5. The molecule has 0 heterocycles. The van der Waals surface area contributed by atoms with E-state index >= 15 is 0 Å². The van der Waals surface area contributed by atoms with Crippen molar-refractivity contribution in [2.75, 3.05) is 7.05 Å². The SMILES string of the molecule is C[C@@H]([C@H](O)c1ccccc1)N(C)/C(C#N)=C/[C@H](c1ccccc1)[C@H](O)c1ccccc1Br. The van der Waals surface area contributed by atoms with Gasteiger partial charge in [0, 0.05) is 17.4 Å². The van der Waals surface area contributed by atoms with Crippen molar-refractivity contribution in [1.82, 2.24) is 4.90 Å². The van der Waals surface area contributed by atoms with Crippen LogP contribution in [0.1, 0.15) is 41.7 Å². The predicted octanol–water partition coefficient (Wildman–Crippen LogP) is 5.73. The quantitative estimate of drug-likeness (QED) is 0.395. The molecule has 3 rings (SSSR count). The predicted molar refractivity (Wildman–Crippen MR) is 131 cm³/mol. The lowest BCUT2D eigenvalue weighted by atomic mass is 9.88. The zero-order chi connectivity index (χ0) is 23.1. The second-order valence-electron chi connectivity index (χ2n) is 7.77. The van der Waals surface area contributed by atoms with Gasteiger partial charge in [-0.3, -0.25) is 0 Å². The van der Waals surface area contributed by atoms with Crippen molar-refractivity contribution in [3.05, 3.63) is 118 Å². The Morgan fingerprint density at radius 3 is 1.97 bits per heavy atom. The number of likely N-dealkylation sites (N-methyl/N-ethyl adjacent to an activating group) is 1. The molecule has 0 aromatic heterocycles. The van der Waals surface area contributed by atoms with Gasteiger partial charge in [0.2, 0.25) is 0 Å². The molecule has 0 bridgehead atoms. The van der Waals surface area contributed by atoms with Gasteiger partial charge >= 0.3 is 0 Å². The van der Waals surface area contributed by atoms with Crippen molar-refractivity contribution in [3.8, 4) is 6.07 Å². The van der Waals surface area contributed by atoms with Crippen molar-refractivity contribution in [3.63, 3.8) is 0 Å². The topological polar surface area (TPSA) is 67.5 Å². The molecule has 0 unspecified atom stereocenters. The molecule has 164 valence electrons. The van der Waals surface area contributed by atoms with Gasteiger partial charge in [-0.05, 0) is 35.8 Å². The maximum absolute atomic E-state index is 11.3. The average Bonchev–Trinajstić information content (AvgIpc) is 2.84. The summed E-state index contributed by atoms with van der Waals surface area (Å²) < 4.78 is 0.807. The summed E-state index contributed by atoms with van der Waals surface area (Å²) in [6.45, 7) is 1.88. The molecule has 0 saturated heterocycles. The molecular formula is C27H27BrN2O2. The van der Waals surface area contributed by atoms with E-state index in [9.17, 15) is 15.5 Å². The number of benzene rings is 3. The van der Waals surface area contributed by atoms with E-state index in [2.05, 4.69) is 22.0 Å². The van der Waals surface area contributed by atoms with Gasteiger partial charge in [0.05, 0.1) is 18.2 Å². The minimum atomic E-state index is -0.862. The van der Waals surface area contributed by atoms with E-state index in [1.165, 1.54) is 0 Å². The number of nitriles is 1. The van der Waals surface area contributed by atoms with Crippen molar-refractivity contribution < 1.29 is 10.2 Å². The first-order chi connectivity index (χ1) is 15.4. The fourth-order valence-electron chi connectivity index (χ4n) is 3.72. The molecule has 4 atom stereocenters. The smallest absolute Gasteiger partial charge is 0.117 e. The molecule has 3 aromatic rings. The molecular weight excluding hydrogens is 464 g/mol. The Morgan fingerprint density at radius 1 is 0.875 bits per heavy atom. The Morgan fingerprint density at radius 2 is 1.41 bits per heavy atom. The number of halogens is 1. The fraction of sp³-hybridized carbons (Fsp3) is 0.222. The van der Waals surface area contributed by atoms with Crippen LogP contribution in [0.4, 0.5) is 0 Å². The molecule has 3 aromatic carbocycles. The maximum atomic E-state index is 11.3. The molecule has 0 aliphatic heterocycles. The number of hydrogen-bond acceptors (Lipinski definition) is 4. The lowest BCUT2D eigenvalue weighted by Crippen LogP contribution is -2.34. The third-order valence-corrected chi connectivity index (χ3v) is 6.51. The number of aliphatic hydroxyl groups excluding tert-OH is 2. The van der Waals surface area contributed by atoms with Crippen LogP contribution in [-0.4, -0.2) is 28.2 Å². The Balaban J connectivity index is 1.97. The third kappa shape index (κ3) is 5.46. The third-order valence-electron chi connectivity index (χ3n) is 5.79. The normalized spacial score (nSPS) is 15.3. The van der Waals surface area contributed by atoms with Crippen LogP contribution in [-0.2, 0) is 0 Å². The first kappa shape index (κ1) is 23.7. The highest BCUT2D eigenvalue weighted by Crippen LogP contribution is 2.37. The number of allylic oxidation sites excluding steroid dienone is 1. The highest BCUT2D eigenvalue weighted by atomic mass is 79.9. The van der Waals surface area contributed by atoms with Crippen LogP contribution in [0, 0.1) is 11.3 Å². The summed E-state index contributed by atoms with van der Waals surface area (Å²) in [4.78, 5) is 1.76.